The maximum absolute atomic E-state index is 12.9. The van der Waals surface area contributed by atoms with Crippen molar-refractivity contribution in [1.29, 1.82) is 0 Å². The summed E-state index contributed by atoms with van der Waals surface area (Å²) in [4.78, 5) is 12.9. The van der Waals surface area contributed by atoms with Gasteiger partial charge in [0, 0.05) is 22.7 Å². The maximum Gasteiger partial charge on any atom is 0.246 e. The summed E-state index contributed by atoms with van der Waals surface area (Å²) in [7, 11) is 0. The fourth-order valence-electron chi connectivity index (χ4n) is 3.68. The van der Waals surface area contributed by atoms with Crippen molar-refractivity contribution in [3.63, 3.8) is 0 Å². The minimum Gasteiger partial charge on any atom is -0.454 e. The molecule has 6 nitrogen and oxygen atoms in total. The number of anilines is 1. The van der Waals surface area contributed by atoms with E-state index in [4.69, 9.17) is 20.3 Å². The second kappa shape index (κ2) is 6.01. The summed E-state index contributed by atoms with van der Waals surface area (Å²) in [5, 5.41) is 6.52. The summed E-state index contributed by atoms with van der Waals surface area (Å²) < 4.78 is 11.1. The molecule has 1 aliphatic carbocycles. The van der Waals surface area contributed by atoms with Crippen molar-refractivity contribution in [2.45, 2.75) is 32.2 Å². The van der Waals surface area contributed by atoms with Gasteiger partial charge in [-0.1, -0.05) is 12.1 Å². The molecule has 1 saturated carbocycles. The van der Waals surface area contributed by atoms with Crippen molar-refractivity contribution in [1.82, 2.24) is 5.01 Å². The number of hydrogen-bond donors (Lipinski definition) is 1. The number of hydrogen-bond acceptors (Lipinski definition) is 5. The molecule has 2 aliphatic heterocycles. The first kappa shape index (κ1) is 16.2. The molecule has 0 bridgehead atoms. The number of carbonyl (C=O) groups is 1. The summed E-state index contributed by atoms with van der Waals surface area (Å²) in [5.41, 5.74) is 10.3. The van der Waals surface area contributed by atoms with Crippen LogP contribution in [-0.4, -0.2) is 29.5 Å². The third-order valence-electron chi connectivity index (χ3n) is 5.33. The Hall–Kier alpha value is -3.02. The molecule has 0 spiro atoms. The minimum atomic E-state index is -0.0245. The molecule has 2 N–H and O–H groups in total. The molecule has 3 aliphatic rings. The molecule has 1 atom stereocenters. The molecule has 6 heteroatoms. The van der Waals surface area contributed by atoms with Crippen molar-refractivity contribution < 1.29 is 14.3 Å². The Labute approximate surface area is 157 Å². The van der Waals surface area contributed by atoms with Crippen LogP contribution < -0.4 is 15.2 Å². The molecule has 0 radical (unpaired) electrons. The van der Waals surface area contributed by atoms with Crippen LogP contribution in [0, 0.1) is 5.92 Å². The van der Waals surface area contributed by atoms with Crippen LogP contribution in [0.2, 0.25) is 0 Å². The Kier molecular flexibility index (Phi) is 3.60. The molecule has 138 valence electrons. The maximum atomic E-state index is 12.9. The van der Waals surface area contributed by atoms with Gasteiger partial charge in [-0.15, -0.1) is 0 Å². The number of nitrogen functional groups attached to an aromatic ring is 1. The van der Waals surface area contributed by atoms with Crippen LogP contribution in [-0.2, 0) is 11.2 Å². The van der Waals surface area contributed by atoms with E-state index in [1.54, 1.807) is 5.01 Å². The molecule has 2 aromatic carbocycles. The van der Waals surface area contributed by atoms with E-state index < -0.39 is 0 Å². The first-order valence-corrected chi connectivity index (χ1v) is 9.30. The summed E-state index contributed by atoms with van der Waals surface area (Å²) >= 11 is 0. The molecule has 2 heterocycles. The van der Waals surface area contributed by atoms with E-state index in [-0.39, 0.29) is 24.7 Å². The number of benzene rings is 2. The Morgan fingerprint density at radius 1 is 1.15 bits per heavy atom. The van der Waals surface area contributed by atoms with E-state index >= 15 is 0 Å². The Balaban J connectivity index is 1.67. The van der Waals surface area contributed by atoms with E-state index in [1.807, 2.05) is 43.3 Å². The molecule has 1 fully saturated rings. The van der Waals surface area contributed by atoms with Crippen LogP contribution in [0.4, 0.5) is 5.69 Å². The minimum absolute atomic E-state index is 0.0245. The van der Waals surface area contributed by atoms with Gasteiger partial charge in [0.15, 0.2) is 11.5 Å². The Morgan fingerprint density at radius 2 is 1.85 bits per heavy atom. The van der Waals surface area contributed by atoms with Crippen molar-refractivity contribution in [2.75, 3.05) is 12.5 Å². The van der Waals surface area contributed by atoms with Crippen LogP contribution in [0.15, 0.2) is 41.5 Å². The lowest BCUT2D eigenvalue weighted by molar-refractivity contribution is -0.134. The lowest BCUT2D eigenvalue weighted by Crippen LogP contribution is -2.36. The van der Waals surface area contributed by atoms with Crippen LogP contribution in [0.5, 0.6) is 11.5 Å². The van der Waals surface area contributed by atoms with Crippen LogP contribution >= 0.6 is 0 Å². The zero-order valence-electron chi connectivity index (χ0n) is 15.1. The molecule has 1 amide bonds. The highest BCUT2D eigenvalue weighted by atomic mass is 16.7. The normalized spacial score (nSPS) is 20.7. The third-order valence-corrected chi connectivity index (χ3v) is 5.33. The zero-order valence-corrected chi connectivity index (χ0v) is 15.1. The summed E-state index contributed by atoms with van der Waals surface area (Å²) in [6.07, 6.45) is 2.63. The summed E-state index contributed by atoms with van der Waals surface area (Å²) in [5.74, 6) is 1.69. The van der Waals surface area contributed by atoms with Gasteiger partial charge in [0.05, 0.1) is 11.8 Å². The molecule has 0 saturated heterocycles. The molecule has 27 heavy (non-hydrogen) atoms. The van der Waals surface area contributed by atoms with Crippen LogP contribution in [0.3, 0.4) is 0 Å². The summed E-state index contributed by atoms with van der Waals surface area (Å²) in [6, 6.07) is 11.6. The van der Waals surface area contributed by atoms with Gasteiger partial charge in [0.1, 0.15) is 0 Å². The highest BCUT2D eigenvalue weighted by molar-refractivity contribution is 6.14. The topological polar surface area (TPSA) is 77.2 Å². The first-order chi connectivity index (χ1) is 13.1. The van der Waals surface area contributed by atoms with Gasteiger partial charge >= 0.3 is 0 Å². The second-order valence-electron chi connectivity index (χ2n) is 7.44. The van der Waals surface area contributed by atoms with E-state index in [2.05, 4.69) is 0 Å². The number of nitrogens with two attached hydrogens (primary N) is 1. The average Bonchev–Trinajstić information content (AvgIpc) is 3.43. The molecule has 5 rings (SSSR count). The zero-order chi connectivity index (χ0) is 18.5. The number of rotatable bonds is 2. The Morgan fingerprint density at radius 3 is 2.56 bits per heavy atom. The van der Waals surface area contributed by atoms with Crippen LogP contribution in [0.25, 0.3) is 0 Å². The highest BCUT2D eigenvalue weighted by Gasteiger charge is 2.37. The first-order valence-electron chi connectivity index (χ1n) is 9.30. The fourth-order valence-corrected chi connectivity index (χ4v) is 3.68. The second-order valence-corrected chi connectivity index (χ2v) is 7.44. The third kappa shape index (κ3) is 2.81. The van der Waals surface area contributed by atoms with Gasteiger partial charge in [0.25, 0.3) is 0 Å². The van der Waals surface area contributed by atoms with Gasteiger partial charge < -0.3 is 15.2 Å². The number of nitrogens with zero attached hydrogens (tertiary/aromatic N) is 2. The highest BCUT2D eigenvalue weighted by Crippen LogP contribution is 2.39. The van der Waals surface area contributed by atoms with E-state index in [9.17, 15) is 4.79 Å². The van der Waals surface area contributed by atoms with E-state index in [0.29, 0.717) is 17.9 Å². The van der Waals surface area contributed by atoms with Gasteiger partial charge in [-0.3, -0.25) is 4.79 Å². The van der Waals surface area contributed by atoms with Crippen molar-refractivity contribution >= 4 is 17.3 Å². The fraction of sp³-hybridized carbons (Fsp3) is 0.333. The summed E-state index contributed by atoms with van der Waals surface area (Å²) in [6.45, 7) is 2.28. The lowest BCUT2D eigenvalue weighted by atomic mass is 9.94. The van der Waals surface area contributed by atoms with E-state index in [1.165, 1.54) is 0 Å². The number of carbonyl (C=O) groups excluding carboxylic acids is 1. The molecular weight excluding hydrogens is 342 g/mol. The van der Waals surface area contributed by atoms with E-state index in [0.717, 1.165) is 41.0 Å². The molecule has 1 unspecified atom stereocenters. The number of hydrazone groups is 1. The van der Waals surface area contributed by atoms with Crippen molar-refractivity contribution in [3.05, 3.63) is 53.1 Å². The lowest BCUT2D eigenvalue weighted by Gasteiger charge is -2.23. The standard InChI is InChI=1S/C21H21N3O3/c1-12-8-15-9-18-19(27-11-26-18)10-17(15)20(13-4-6-16(22)7-5-13)23-24(12)21(25)14-2-3-14/h4-7,9-10,12,14H,2-3,8,11,22H2,1H3. The largest absolute Gasteiger partial charge is 0.454 e. The predicted molar refractivity (Wildman–Crippen MR) is 102 cm³/mol. The average molecular weight is 363 g/mol. The van der Waals surface area contributed by atoms with Crippen LogP contribution in [0.1, 0.15) is 36.5 Å². The van der Waals surface area contributed by atoms with Gasteiger partial charge in [-0.25, -0.2) is 5.01 Å². The van der Waals surface area contributed by atoms with Crippen molar-refractivity contribution in [3.8, 4) is 11.5 Å². The SMILES string of the molecule is CC1Cc2cc3c(cc2C(c2ccc(N)cc2)=NN1C(=O)C1CC1)OCO3. The van der Waals surface area contributed by atoms with Crippen molar-refractivity contribution in [2.24, 2.45) is 11.0 Å². The monoisotopic (exact) mass is 363 g/mol. The molecule has 0 aromatic heterocycles. The predicted octanol–water partition coefficient (Wildman–Crippen LogP) is 2.93. The van der Waals surface area contributed by atoms with Gasteiger partial charge in [-0.2, -0.15) is 5.10 Å². The van der Waals surface area contributed by atoms with Gasteiger partial charge in [-0.05, 0) is 56.0 Å². The molecular formula is C21H21N3O3. The van der Waals surface area contributed by atoms with Gasteiger partial charge in [0.2, 0.25) is 12.7 Å². The molecule has 2 aromatic rings. The number of fused-ring (bicyclic) bond motifs is 2. The quantitative estimate of drug-likeness (QED) is 0.832. The number of ether oxygens (including phenoxy) is 2. The smallest absolute Gasteiger partial charge is 0.246 e. The number of amides is 1. The Bertz CT molecular complexity index is 948.